The summed E-state index contributed by atoms with van der Waals surface area (Å²) in [5, 5.41) is 12.9. The van der Waals surface area contributed by atoms with Crippen LogP contribution >= 0.6 is 23.2 Å². The van der Waals surface area contributed by atoms with E-state index in [0.717, 1.165) is 6.42 Å². The number of carbonyl (C=O) groups excluding carboxylic acids is 1. The molecule has 1 fully saturated rings. The summed E-state index contributed by atoms with van der Waals surface area (Å²) < 4.78 is 0. The predicted octanol–water partition coefficient (Wildman–Crippen LogP) is 3.43. The third kappa shape index (κ3) is 2.63. The molecule has 0 saturated heterocycles. The molecule has 1 saturated carbocycles. The third-order valence-corrected chi connectivity index (χ3v) is 4.39. The van der Waals surface area contributed by atoms with Crippen molar-refractivity contribution in [1.82, 2.24) is 5.32 Å². The maximum absolute atomic E-state index is 12.2. The van der Waals surface area contributed by atoms with Crippen LogP contribution in [0.3, 0.4) is 0 Å². The maximum Gasteiger partial charge on any atom is 0.319 e. The van der Waals surface area contributed by atoms with E-state index in [4.69, 9.17) is 23.2 Å². The number of amides is 1. The minimum atomic E-state index is -1.27. The van der Waals surface area contributed by atoms with E-state index in [1.165, 1.54) is 0 Å². The lowest BCUT2D eigenvalue weighted by atomic mass is 9.68. The highest BCUT2D eigenvalue weighted by Gasteiger charge is 2.51. The summed E-state index contributed by atoms with van der Waals surface area (Å²) in [6.45, 7) is 1.77. The van der Waals surface area contributed by atoms with Crippen LogP contribution in [-0.4, -0.2) is 17.0 Å². The van der Waals surface area contributed by atoms with Crippen LogP contribution in [0.25, 0.3) is 0 Å². The summed E-state index contributed by atoms with van der Waals surface area (Å²) in [5.41, 5.74) is -0.558. The zero-order valence-corrected chi connectivity index (χ0v) is 12.5. The molecule has 1 aliphatic carbocycles. The molecule has 2 N–H and O–H groups in total. The second-order valence-corrected chi connectivity index (χ2v) is 5.95. The Balaban J connectivity index is 2.13. The normalized spacial score (nSPS) is 17.9. The van der Waals surface area contributed by atoms with E-state index in [9.17, 15) is 14.7 Å². The van der Waals surface area contributed by atoms with Gasteiger partial charge >= 0.3 is 5.97 Å². The van der Waals surface area contributed by atoms with Gasteiger partial charge in [0.15, 0.2) is 0 Å². The maximum atomic E-state index is 12.2. The topological polar surface area (TPSA) is 66.4 Å². The van der Waals surface area contributed by atoms with Gasteiger partial charge in [0, 0.05) is 10.0 Å². The molecule has 0 spiro atoms. The Morgan fingerprint density at radius 2 is 2.00 bits per heavy atom. The van der Waals surface area contributed by atoms with Crippen LogP contribution in [0.1, 0.15) is 37.8 Å². The lowest BCUT2D eigenvalue weighted by Gasteiger charge is -2.36. The van der Waals surface area contributed by atoms with Gasteiger partial charge in [0.25, 0.3) is 0 Å². The lowest BCUT2D eigenvalue weighted by molar-refractivity contribution is -0.162. The van der Waals surface area contributed by atoms with Crippen molar-refractivity contribution in [3.05, 3.63) is 33.8 Å². The summed E-state index contributed by atoms with van der Waals surface area (Å²) >= 11 is 11.9. The van der Waals surface area contributed by atoms with Gasteiger partial charge in [-0.3, -0.25) is 9.59 Å². The van der Waals surface area contributed by atoms with Crippen LogP contribution in [0.5, 0.6) is 0 Å². The largest absolute Gasteiger partial charge is 0.480 e. The fourth-order valence-electron chi connectivity index (χ4n) is 2.33. The van der Waals surface area contributed by atoms with Crippen LogP contribution in [0.2, 0.25) is 10.0 Å². The van der Waals surface area contributed by atoms with Crippen molar-refractivity contribution in [3.63, 3.8) is 0 Å². The minimum Gasteiger partial charge on any atom is -0.480 e. The molecule has 0 heterocycles. The van der Waals surface area contributed by atoms with Crippen molar-refractivity contribution in [1.29, 1.82) is 0 Å². The van der Waals surface area contributed by atoms with Crippen molar-refractivity contribution in [2.24, 2.45) is 5.41 Å². The van der Waals surface area contributed by atoms with E-state index in [-0.39, 0.29) is 6.04 Å². The van der Waals surface area contributed by atoms with E-state index in [1.54, 1.807) is 25.1 Å². The van der Waals surface area contributed by atoms with E-state index >= 15 is 0 Å². The summed E-state index contributed by atoms with van der Waals surface area (Å²) in [6.07, 6.45) is 1.53. The molecule has 108 valence electrons. The fourth-order valence-corrected chi connectivity index (χ4v) is 2.91. The van der Waals surface area contributed by atoms with E-state index in [2.05, 4.69) is 5.32 Å². The number of hydrogen-bond donors (Lipinski definition) is 2. The molecule has 2 rings (SSSR count). The van der Waals surface area contributed by atoms with Crippen molar-refractivity contribution in [2.45, 2.75) is 32.2 Å². The molecular weight excluding hydrogens is 301 g/mol. The van der Waals surface area contributed by atoms with Crippen molar-refractivity contribution >= 4 is 35.1 Å². The molecule has 4 nitrogen and oxygen atoms in total. The zero-order valence-electron chi connectivity index (χ0n) is 11.0. The van der Waals surface area contributed by atoms with Gasteiger partial charge < -0.3 is 10.4 Å². The highest BCUT2D eigenvalue weighted by Crippen LogP contribution is 2.42. The van der Waals surface area contributed by atoms with Crippen LogP contribution < -0.4 is 5.32 Å². The van der Waals surface area contributed by atoms with Gasteiger partial charge in [0.1, 0.15) is 5.41 Å². The number of aliphatic carboxylic acids is 1. The Bertz CT molecular complexity index is 555. The first kappa shape index (κ1) is 15.1. The quantitative estimate of drug-likeness (QED) is 0.836. The van der Waals surface area contributed by atoms with Crippen LogP contribution in [0.4, 0.5) is 0 Å². The number of rotatable bonds is 4. The molecule has 1 aromatic rings. The molecule has 0 aromatic heterocycles. The molecule has 0 aliphatic heterocycles. The predicted molar refractivity (Wildman–Crippen MR) is 76.9 cm³/mol. The molecule has 0 radical (unpaired) electrons. The molecule has 1 amide bonds. The number of carboxylic acid groups (broad SMARTS) is 1. The molecule has 6 heteroatoms. The van der Waals surface area contributed by atoms with Gasteiger partial charge in [-0.1, -0.05) is 35.7 Å². The fraction of sp³-hybridized carbons (Fsp3) is 0.429. The molecule has 1 aromatic carbocycles. The van der Waals surface area contributed by atoms with Gasteiger partial charge in [-0.25, -0.2) is 0 Å². The van der Waals surface area contributed by atoms with E-state index < -0.39 is 17.3 Å². The number of carboxylic acids is 1. The van der Waals surface area contributed by atoms with Crippen LogP contribution in [0.15, 0.2) is 18.2 Å². The second kappa shape index (κ2) is 5.62. The number of carbonyl (C=O) groups is 2. The van der Waals surface area contributed by atoms with Crippen molar-refractivity contribution < 1.29 is 14.7 Å². The average molecular weight is 316 g/mol. The standard InChI is InChI=1S/C14H15Cl2NO3/c1-8(10-4-3-9(15)7-11(10)16)17-12(18)14(13(19)20)5-2-6-14/h3-4,7-8H,2,5-6H2,1H3,(H,17,18)(H,19,20). The molecule has 1 aliphatic rings. The summed E-state index contributed by atoms with van der Waals surface area (Å²) in [6, 6.07) is 4.63. The molecule has 1 atom stereocenters. The molecule has 1 unspecified atom stereocenters. The first-order chi connectivity index (χ1) is 9.36. The first-order valence-corrected chi connectivity index (χ1v) is 7.12. The van der Waals surface area contributed by atoms with E-state index in [0.29, 0.717) is 28.5 Å². The number of nitrogens with one attached hydrogen (secondary N) is 1. The van der Waals surface area contributed by atoms with Gasteiger partial charge in [0.2, 0.25) is 5.91 Å². The highest BCUT2D eigenvalue weighted by atomic mass is 35.5. The SMILES string of the molecule is CC(NC(=O)C1(C(=O)O)CCC1)c1ccc(Cl)cc1Cl. The van der Waals surface area contributed by atoms with Crippen LogP contribution in [-0.2, 0) is 9.59 Å². The second-order valence-electron chi connectivity index (χ2n) is 5.10. The first-order valence-electron chi connectivity index (χ1n) is 6.36. The molecule has 20 heavy (non-hydrogen) atoms. The number of benzene rings is 1. The third-order valence-electron chi connectivity index (χ3n) is 3.83. The van der Waals surface area contributed by atoms with Crippen molar-refractivity contribution in [2.75, 3.05) is 0 Å². The summed E-state index contributed by atoms with van der Waals surface area (Å²) in [5.74, 6) is -1.51. The zero-order chi connectivity index (χ0) is 14.9. The van der Waals surface area contributed by atoms with Gasteiger partial charge in [0.05, 0.1) is 6.04 Å². The minimum absolute atomic E-state index is 0.371. The number of halogens is 2. The van der Waals surface area contributed by atoms with Crippen molar-refractivity contribution in [3.8, 4) is 0 Å². The molecule has 0 bridgehead atoms. The Kier molecular flexibility index (Phi) is 4.25. The Morgan fingerprint density at radius 3 is 2.45 bits per heavy atom. The lowest BCUT2D eigenvalue weighted by Crippen LogP contribution is -2.51. The van der Waals surface area contributed by atoms with Gasteiger partial charge in [-0.2, -0.15) is 0 Å². The summed E-state index contributed by atoms with van der Waals surface area (Å²) in [4.78, 5) is 23.5. The Morgan fingerprint density at radius 1 is 1.35 bits per heavy atom. The monoisotopic (exact) mass is 315 g/mol. The smallest absolute Gasteiger partial charge is 0.319 e. The highest BCUT2D eigenvalue weighted by molar-refractivity contribution is 6.35. The van der Waals surface area contributed by atoms with Gasteiger partial charge in [-0.15, -0.1) is 0 Å². The average Bonchev–Trinajstić information content (AvgIpc) is 2.25. The molecular formula is C14H15Cl2NO3. The van der Waals surface area contributed by atoms with Crippen LogP contribution in [0, 0.1) is 5.41 Å². The Labute approximate surface area is 127 Å². The van der Waals surface area contributed by atoms with E-state index in [1.807, 2.05) is 0 Å². The summed E-state index contributed by atoms with van der Waals surface area (Å²) in [7, 11) is 0. The van der Waals surface area contributed by atoms with Gasteiger partial charge in [-0.05, 0) is 37.5 Å². The Hall–Kier alpha value is -1.26. The number of hydrogen-bond acceptors (Lipinski definition) is 2.